The first-order valence-electron chi connectivity index (χ1n) is 10.3. The molecule has 0 fully saturated rings. The molecule has 2 rings (SSSR count). The molecule has 0 saturated carbocycles. The Balaban J connectivity index is 2.23. The second-order valence-corrected chi connectivity index (χ2v) is 10.5. The summed E-state index contributed by atoms with van der Waals surface area (Å²) in [6, 6.07) is 7.97. The maximum absolute atomic E-state index is 13.3. The van der Waals surface area contributed by atoms with Crippen LogP contribution in [0.5, 0.6) is 0 Å². The highest BCUT2D eigenvalue weighted by Gasteiger charge is 2.27. The van der Waals surface area contributed by atoms with Crippen LogP contribution in [0.3, 0.4) is 0 Å². The predicted molar refractivity (Wildman–Crippen MR) is 122 cm³/mol. The first-order valence-corrected chi connectivity index (χ1v) is 12.8. The zero-order chi connectivity index (χ0) is 22.9. The summed E-state index contributed by atoms with van der Waals surface area (Å²) >= 11 is 1.55. The predicted octanol–water partition coefficient (Wildman–Crippen LogP) is 3.80. The Bertz CT molecular complexity index is 929. The second kappa shape index (κ2) is 12.3. The third kappa shape index (κ3) is 7.99. The molecular weight excluding hydrogens is 439 g/mol. The van der Waals surface area contributed by atoms with E-state index in [1.165, 1.54) is 23.5 Å². The molecule has 0 radical (unpaired) electrons. The number of nitrogens with zero attached hydrogens (tertiary/aromatic N) is 2. The molecule has 0 spiro atoms. The SMILES string of the molecule is CCCCS(=O)(=O)N(CCOC)CC(=O)N(Cc1ccc(F)cc1)Cc1sccc1C. The maximum Gasteiger partial charge on any atom is 0.238 e. The number of amides is 1. The van der Waals surface area contributed by atoms with Gasteiger partial charge in [-0.3, -0.25) is 4.79 Å². The van der Waals surface area contributed by atoms with Crippen molar-refractivity contribution in [3.63, 3.8) is 0 Å². The minimum Gasteiger partial charge on any atom is -0.383 e. The van der Waals surface area contributed by atoms with E-state index in [9.17, 15) is 17.6 Å². The summed E-state index contributed by atoms with van der Waals surface area (Å²) in [4.78, 5) is 15.9. The van der Waals surface area contributed by atoms with E-state index in [1.54, 1.807) is 28.4 Å². The largest absolute Gasteiger partial charge is 0.383 e. The van der Waals surface area contributed by atoms with Crippen LogP contribution in [0, 0.1) is 12.7 Å². The molecule has 0 saturated heterocycles. The van der Waals surface area contributed by atoms with Gasteiger partial charge in [0.2, 0.25) is 15.9 Å². The number of sulfonamides is 1. The lowest BCUT2D eigenvalue weighted by Gasteiger charge is -2.27. The molecule has 6 nitrogen and oxygen atoms in total. The van der Waals surface area contributed by atoms with Crippen molar-refractivity contribution in [3.05, 3.63) is 57.5 Å². The van der Waals surface area contributed by atoms with E-state index < -0.39 is 10.0 Å². The summed E-state index contributed by atoms with van der Waals surface area (Å²) in [6.45, 7) is 4.62. The first kappa shape index (κ1) is 25.5. The Morgan fingerprint density at radius 3 is 2.45 bits per heavy atom. The van der Waals surface area contributed by atoms with Crippen LogP contribution in [-0.4, -0.2) is 56.1 Å². The fraction of sp³-hybridized carbons (Fsp3) is 0.500. The van der Waals surface area contributed by atoms with Gasteiger partial charge in [0.05, 0.1) is 25.4 Å². The molecule has 0 unspecified atom stereocenters. The number of carbonyl (C=O) groups is 1. The van der Waals surface area contributed by atoms with Crippen LogP contribution in [-0.2, 0) is 32.6 Å². The Kier molecular flexibility index (Phi) is 10.1. The van der Waals surface area contributed by atoms with Crippen molar-refractivity contribution in [2.75, 3.05) is 32.6 Å². The normalized spacial score (nSPS) is 11.8. The van der Waals surface area contributed by atoms with Crippen molar-refractivity contribution < 1.29 is 22.3 Å². The number of halogens is 1. The van der Waals surface area contributed by atoms with Gasteiger partial charge >= 0.3 is 0 Å². The number of hydrogen-bond acceptors (Lipinski definition) is 5. The van der Waals surface area contributed by atoms with Gasteiger partial charge in [-0.05, 0) is 48.1 Å². The van der Waals surface area contributed by atoms with Gasteiger partial charge in [0.25, 0.3) is 0 Å². The van der Waals surface area contributed by atoms with Crippen molar-refractivity contribution in [1.29, 1.82) is 0 Å². The number of methoxy groups -OCH3 is 1. The number of rotatable bonds is 13. The number of aryl methyl sites for hydroxylation is 1. The van der Waals surface area contributed by atoms with Crippen LogP contribution < -0.4 is 0 Å². The van der Waals surface area contributed by atoms with E-state index in [0.29, 0.717) is 13.0 Å². The summed E-state index contributed by atoms with van der Waals surface area (Å²) in [5, 5.41) is 1.96. The molecule has 1 heterocycles. The smallest absolute Gasteiger partial charge is 0.238 e. The molecule has 31 heavy (non-hydrogen) atoms. The van der Waals surface area contributed by atoms with Crippen LogP contribution in [0.1, 0.15) is 35.8 Å². The van der Waals surface area contributed by atoms with Crippen LogP contribution in [0.25, 0.3) is 0 Å². The molecular formula is C22H31FN2O4S2. The summed E-state index contributed by atoms with van der Waals surface area (Å²) in [5.41, 5.74) is 1.86. The lowest BCUT2D eigenvalue weighted by molar-refractivity contribution is -0.132. The van der Waals surface area contributed by atoms with Gasteiger partial charge in [0.1, 0.15) is 5.82 Å². The van der Waals surface area contributed by atoms with Gasteiger partial charge in [-0.25, -0.2) is 12.8 Å². The standard InChI is InChI=1S/C22H31FN2O4S2/c1-4-5-14-31(27,28)25(11-12-29-3)17-22(26)24(16-21-18(2)10-13-30-21)15-19-6-8-20(23)9-7-19/h6-10,13H,4-5,11-12,14-17H2,1-3H3. The molecule has 2 aromatic rings. The number of hydrogen-bond donors (Lipinski definition) is 0. The molecule has 1 amide bonds. The molecule has 9 heteroatoms. The fourth-order valence-electron chi connectivity index (χ4n) is 3.00. The minimum absolute atomic E-state index is 0.00247. The molecule has 0 aliphatic carbocycles. The number of ether oxygens (including phenoxy) is 1. The van der Waals surface area contributed by atoms with Crippen LogP contribution in [0.4, 0.5) is 4.39 Å². The van der Waals surface area contributed by atoms with E-state index in [4.69, 9.17) is 4.74 Å². The molecule has 0 atom stereocenters. The lowest BCUT2D eigenvalue weighted by Crippen LogP contribution is -2.44. The first-order chi connectivity index (χ1) is 14.8. The van der Waals surface area contributed by atoms with E-state index in [1.807, 2.05) is 25.3 Å². The van der Waals surface area contributed by atoms with Crippen LogP contribution in [0.15, 0.2) is 35.7 Å². The maximum atomic E-state index is 13.3. The Labute approximate surface area is 188 Å². The summed E-state index contributed by atoms with van der Waals surface area (Å²) < 4.78 is 45.1. The highest BCUT2D eigenvalue weighted by Crippen LogP contribution is 2.20. The van der Waals surface area contributed by atoms with Gasteiger partial charge in [0, 0.05) is 25.1 Å². The van der Waals surface area contributed by atoms with Crippen molar-refractivity contribution in [1.82, 2.24) is 9.21 Å². The fourth-order valence-corrected chi connectivity index (χ4v) is 5.49. The summed E-state index contributed by atoms with van der Waals surface area (Å²) in [6.07, 6.45) is 1.29. The molecule has 0 bridgehead atoms. The highest BCUT2D eigenvalue weighted by molar-refractivity contribution is 7.89. The number of unbranched alkanes of at least 4 members (excludes halogenated alkanes) is 1. The molecule has 0 aliphatic heterocycles. The van der Waals surface area contributed by atoms with Gasteiger partial charge in [-0.1, -0.05) is 25.5 Å². The quantitative estimate of drug-likeness (QED) is 0.447. The number of benzene rings is 1. The lowest BCUT2D eigenvalue weighted by atomic mass is 10.2. The molecule has 0 N–H and O–H groups in total. The molecule has 1 aromatic carbocycles. The zero-order valence-corrected chi connectivity index (χ0v) is 20.0. The number of carbonyl (C=O) groups excluding carboxylic acids is 1. The average Bonchev–Trinajstić information content (AvgIpc) is 3.14. The van der Waals surface area contributed by atoms with E-state index in [-0.39, 0.29) is 43.7 Å². The van der Waals surface area contributed by atoms with Crippen LogP contribution in [0.2, 0.25) is 0 Å². The van der Waals surface area contributed by atoms with Crippen molar-refractivity contribution >= 4 is 27.3 Å². The van der Waals surface area contributed by atoms with Crippen molar-refractivity contribution in [3.8, 4) is 0 Å². The zero-order valence-electron chi connectivity index (χ0n) is 18.3. The van der Waals surface area contributed by atoms with Crippen molar-refractivity contribution in [2.24, 2.45) is 0 Å². The van der Waals surface area contributed by atoms with Gasteiger partial charge in [-0.15, -0.1) is 11.3 Å². The molecule has 1 aromatic heterocycles. The average molecular weight is 471 g/mol. The monoisotopic (exact) mass is 470 g/mol. The third-order valence-electron chi connectivity index (χ3n) is 4.95. The van der Waals surface area contributed by atoms with E-state index in [0.717, 1.165) is 22.4 Å². The van der Waals surface area contributed by atoms with E-state index in [2.05, 4.69) is 0 Å². The second-order valence-electron chi connectivity index (χ2n) is 7.40. The number of thiophene rings is 1. The van der Waals surface area contributed by atoms with Gasteiger partial charge < -0.3 is 9.64 Å². The topological polar surface area (TPSA) is 66.9 Å². The Hall–Kier alpha value is -1.81. The van der Waals surface area contributed by atoms with Gasteiger partial charge in [-0.2, -0.15) is 4.31 Å². The van der Waals surface area contributed by atoms with E-state index >= 15 is 0 Å². The van der Waals surface area contributed by atoms with Crippen molar-refractivity contribution in [2.45, 2.75) is 39.8 Å². The van der Waals surface area contributed by atoms with Crippen LogP contribution >= 0.6 is 11.3 Å². The highest BCUT2D eigenvalue weighted by atomic mass is 32.2. The summed E-state index contributed by atoms with van der Waals surface area (Å²) in [5.74, 6) is -0.639. The molecule has 0 aliphatic rings. The molecule has 172 valence electrons. The minimum atomic E-state index is -3.58. The Morgan fingerprint density at radius 1 is 1.16 bits per heavy atom. The Morgan fingerprint density at radius 2 is 1.87 bits per heavy atom. The summed E-state index contributed by atoms with van der Waals surface area (Å²) in [7, 11) is -2.08. The van der Waals surface area contributed by atoms with Gasteiger partial charge in [0.15, 0.2) is 0 Å². The third-order valence-corrected chi connectivity index (χ3v) is 7.86.